The van der Waals surface area contributed by atoms with E-state index in [0.717, 1.165) is 24.8 Å². The van der Waals surface area contributed by atoms with Gasteiger partial charge in [-0.15, -0.1) is 11.8 Å². The third kappa shape index (κ3) is 5.56. The molecule has 28 heavy (non-hydrogen) atoms. The van der Waals surface area contributed by atoms with Crippen LogP contribution in [-0.4, -0.2) is 37.5 Å². The third-order valence-corrected chi connectivity index (χ3v) is 7.36. The van der Waals surface area contributed by atoms with E-state index in [9.17, 15) is 17.6 Å². The minimum absolute atomic E-state index is 0.194. The van der Waals surface area contributed by atoms with Crippen molar-refractivity contribution in [3.63, 3.8) is 0 Å². The molecule has 1 aliphatic rings. The molecule has 1 amide bonds. The summed E-state index contributed by atoms with van der Waals surface area (Å²) in [7, 11) is -3.54. The summed E-state index contributed by atoms with van der Waals surface area (Å²) in [6.07, 6.45) is 2.80. The third-order valence-electron chi connectivity index (χ3n) is 4.46. The summed E-state index contributed by atoms with van der Waals surface area (Å²) in [4.78, 5) is 12.4. The number of amides is 1. The summed E-state index contributed by atoms with van der Waals surface area (Å²) in [5.41, 5.74) is 1.27. The van der Waals surface area contributed by atoms with E-state index in [0.29, 0.717) is 24.5 Å². The highest BCUT2D eigenvalue weighted by Crippen LogP contribution is 2.23. The van der Waals surface area contributed by atoms with Gasteiger partial charge in [0.15, 0.2) is 0 Å². The second-order valence-corrected chi connectivity index (χ2v) is 9.59. The zero-order valence-corrected chi connectivity index (χ0v) is 17.1. The molecule has 2 aromatic carbocycles. The van der Waals surface area contributed by atoms with Crippen LogP contribution < -0.4 is 5.32 Å². The normalized spacial score (nSPS) is 15.3. The average Bonchev–Trinajstić information content (AvgIpc) is 2.69. The molecule has 0 aromatic heterocycles. The van der Waals surface area contributed by atoms with E-state index in [2.05, 4.69) is 5.32 Å². The molecule has 1 heterocycles. The lowest BCUT2D eigenvalue weighted by molar-refractivity contribution is -0.113. The first kappa shape index (κ1) is 20.8. The van der Waals surface area contributed by atoms with E-state index in [1.807, 2.05) is 6.07 Å². The first-order chi connectivity index (χ1) is 13.4. The maximum Gasteiger partial charge on any atom is 0.243 e. The van der Waals surface area contributed by atoms with Gasteiger partial charge in [-0.05, 0) is 48.7 Å². The van der Waals surface area contributed by atoms with Crippen molar-refractivity contribution >= 4 is 33.4 Å². The number of nitrogens with zero attached hydrogens (tertiary/aromatic N) is 1. The quantitative estimate of drug-likeness (QED) is 0.736. The van der Waals surface area contributed by atoms with Crippen LogP contribution in [0.4, 0.5) is 10.1 Å². The number of hydrogen-bond donors (Lipinski definition) is 1. The number of halogens is 1. The van der Waals surface area contributed by atoms with Crippen LogP contribution in [0.1, 0.15) is 24.8 Å². The van der Waals surface area contributed by atoms with Crippen LogP contribution >= 0.6 is 11.8 Å². The number of rotatable bonds is 7. The van der Waals surface area contributed by atoms with Crippen LogP contribution in [0.25, 0.3) is 0 Å². The lowest BCUT2D eigenvalue weighted by Gasteiger charge is -2.26. The van der Waals surface area contributed by atoms with Crippen LogP contribution in [-0.2, 0) is 20.6 Å². The van der Waals surface area contributed by atoms with Gasteiger partial charge in [0.2, 0.25) is 15.9 Å². The Kier molecular flexibility index (Phi) is 7.09. The molecule has 0 atom stereocenters. The molecule has 0 aliphatic carbocycles. The maximum absolute atomic E-state index is 13.2. The van der Waals surface area contributed by atoms with Crippen LogP contribution in [0.15, 0.2) is 53.4 Å². The van der Waals surface area contributed by atoms with E-state index >= 15 is 0 Å². The Morgan fingerprint density at radius 3 is 2.57 bits per heavy atom. The minimum Gasteiger partial charge on any atom is -0.325 e. The maximum atomic E-state index is 13.2. The first-order valence-electron chi connectivity index (χ1n) is 9.17. The fourth-order valence-electron chi connectivity index (χ4n) is 3.07. The van der Waals surface area contributed by atoms with Crippen LogP contribution in [0.3, 0.4) is 0 Å². The molecule has 150 valence electrons. The second-order valence-electron chi connectivity index (χ2n) is 6.66. The molecule has 0 spiro atoms. The lowest BCUT2D eigenvalue weighted by atomic mass is 10.2. The number of hydrogen-bond acceptors (Lipinski definition) is 4. The Balaban J connectivity index is 1.57. The largest absolute Gasteiger partial charge is 0.325 e. The van der Waals surface area contributed by atoms with Crippen molar-refractivity contribution < 1.29 is 17.6 Å². The Labute approximate surface area is 169 Å². The van der Waals surface area contributed by atoms with Gasteiger partial charge in [-0.2, -0.15) is 4.31 Å². The van der Waals surface area contributed by atoms with Gasteiger partial charge in [-0.3, -0.25) is 4.79 Å². The molecule has 1 N–H and O–H groups in total. The molecule has 1 fully saturated rings. The van der Waals surface area contributed by atoms with Crippen molar-refractivity contribution in [3.05, 3.63) is 59.9 Å². The van der Waals surface area contributed by atoms with Crippen molar-refractivity contribution in [1.29, 1.82) is 0 Å². The molecule has 8 heteroatoms. The number of anilines is 1. The summed E-state index contributed by atoms with van der Waals surface area (Å²) in [6.45, 7) is 1.07. The van der Waals surface area contributed by atoms with E-state index in [4.69, 9.17) is 0 Å². The van der Waals surface area contributed by atoms with E-state index in [1.54, 1.807) is 24.3 Å². The first-order valence-corrected chi connectivity index (χ1v) is 11.8. The smallest absolute Gasteiger partial charge is 0.243 e. The van der Waals surface area contributed by atoms with Gasteiger partial charge in [0, 0.05) is 24.5 Å². The molecular formula is C20H23FN2O3S2. The molecule has 1 aliphatic heterocycles. The summed E-state index contributed by atoms with van der Waals surface area (Å²) >= 11 is 1.37. The molecule has 0 saturated carbocycles. The van der Waals surface area contributed by atoms with Gasteiger partial charge < -0.3 is 5.32 Å². The molecule has 0 unspecified atom stereocenters. The summed E-state index contributed by atoms with van der Waals surface area (Å²) in [5.74, 6) is 0.192. The molecule has 2 aromatic rings. The predicted molar refractivity (Wildman–Crippen MR) is 110 cm³/mol. The van der Waals surface area contributed by atoms with Gasteiger partial charge in [-0.25, -0.2) is 12.8 Å². The Bertz CT molecular complexity index is 929. The monoisotopic (exact) mass is 422 g/mol. The second kappa shape index (κ2) is 9.54. The van der Waals surface area contributed by atoms with Gasteiger partial charge in [0.05, 0.1) is 10.6 Å². The molecule has 0 bridgehead atoms. The summed E-state index contributed by atoms with van der Waals surface area (Å²) in [6, 6.07) is 12.6. The van der Waals surface area contributed by atoms with E-state index in [1.165, 1.54) is 34.3 Å². The zero-order valence-electron chi connectivity index (χ0n) is 15.4. The number of carbonyl (C=O) groups excluding carboxylic acids is 1. The molecule has 1 saturated heterocycles. The number of carbonyl (C=O) groups is 1. The number of piperidine rings is 1. The minimum atomic E-state index is -3.54. The van der Waals surface area contributed by atoms with Crippen molar-refractivity contribution in [2.75, 3.05) is 24.2 Å². The predicted octanol–water partition coefficient (Wildman–Crippen LogP) is 3.87. The Morgan fingerprint density at radius 2 is 1.82 bits per heavy atom. The Morgan fingerprint density at radius 1 is 1.07 bits per heavy atom. The molecule has 3 rings (SSSR count). The highest BCUT2D eigenvalue weighted by atomic mass is 32.2. The van der Waals surface area contributed by atoms with Gasteiger partial charge in [0.25, 0.3) is 0 Å². The zero-order chi connectivity index (χ0) is 20.0. The molecule has 0 radical (unpaired) electrons. The van der Waals surface area contributed by atoms with Gasteiger partial charge in [-0.1, -0.05) is 24.6 Å². The number of nitrogens with one attached hydrogen (secondary N) is 1. The Hall–Kier alpha value is -1.90. The topological polar surface area (TPSA) is 66.5 Å². The van der Waals surface area contributed by atoms with Crippen LogP contribution in [0, 0.1) is 5.82 Å². The van der Waals surface area contributed by atoms with Gasteiger partial charge in [0.1, 0.15) is 5.82 Å². The highest BCUT2D eigenvalue weighted by molar-refractivity contribution is 7.99. The van der Waals surface area contributed by atoms with Crippen molar-refractivity contribution in [2.24, 2.45) is 0 Å². The van der Waals surface area contributed by atoms with Crippen molar-refractivity contribution in [3.8, 4) is 0 Å². The average molecular weight is 423 g/mol. The van der Waals surface area contributed by atoms with Crippen LogP contribution in [0.5, 0.6) is 0 Å². The molecular weight excluding hydrogens is 399 g/mol. The lowest BCUT2D eigenvalue weighted by Crippen LogP contribution is -2.35. The fraction of sp³-hybridized carbons (Fsp3) is 0.350. The number of benzene rings is 2. The fourth-order valence-corrected chi connectivity index (χ4v) is 5.41. The number of sulfonamides is 1. The van der Waals surface area contributed by atoms with E-state index < -0.39 is 10.0 Å². The van der Waals surface area contributed by atoms with Gasteiger partial charge >= 0.3 is 0 Å². The van der Waals surface area contributed by atoms with Crippen molar-refractivity contribution in [1.82, 2.24) is 4.31 Å². The standard InChI is InChI=1S/C20H23FN2O3S2/c21-17-7-4-6-16(12-17)14-27-15-20(24)22-18-8-5-9-19(13-18)28(25,26)23-10-2-1-3-11-23/h4-9,12-13H,1-3,10-11,14-15H2,(H,22,24). The van der Waals surface area contributed by atoms with Crippen LogP contribution in [0.2, 0.25) is 0 Å². The SMILES string of the molecule is O=C(CSCc1cccc(F)c1)Nc1cccc(S(=O)(=O)N2CCCCC2)c1. The molecule has 5 nitrogen and oxygen atoms in total. The summed E-state index contributed by atoms with van der Waals surface area (Å²) < 4.78 is 40.2. The highest BCUT2D eigenvalue weighted by Gasteiger charge is 2.26. The summed E-state index contributed by atoms with van der Waals surface area (Å²) in [5, 5.41) is 2.74. The van der Waals surface area contributed by atoms with Crippen molar-refractivity contribution in [2.45, 2.75) is 29.9 Å². The number of thioether (sulfide) groups is 1. The van der Waals surface area contributed by atoms with E-state index in [-0.39, 0.29) is 22.4 Å².